The van der Waals surface area contributed by atoms with Crippen molar-refractivity contribution in [1.82, 2.24) is 9.88 Å². The highest BCUT2D eigenvalue weighted by Gasteiger charge is 2.20. The van der Waals surface area contributed by atoms with E-state index < -0.39 is 0 Å². The van der Waals surface area contributed by atoms with Crippen molar-refractivity contribution in [3.8, 4) is 6.07 Å². The third-order valence-electron chi connectivity index (χ3n) is 3.82. The zero-order valence-corrected chi connectivity index (χ0v) is 13.4. The number of aromatic nitrogens is 1. The van der Waals surface area contributed by atoms with Crippen LogP contribution in [0.3, 0.4) is 0 Å². The van der Waals surface area contributed by atoms with Gasteiger partial charge in [-0.3, -0.25) is 14.6 Å². The van der Waals surface area contributed by atoms with E-state index in [0.717, 1.165) is 0 Å². The Morgan fingerprint density at radius 2 is 1.80 bits per heavy atom. The standard InChI is InChI=1S/C18H16N4O3/c19-10-13-1-3-16(4-2-13)21-17(23)14-9-15(12-20-11-14)18(24)22-5-7-25-8-6-22/h1-4,9,11-12H,5-8H2,(H,21,23). The van der Waals surface area contributed by atoms with Crippen LogP contribution in [0.1, 0.15) is 26.3 Å². The van der Waals surface area contributed by atoms with Gasteiger partial charge in [-0.25, -0.2) is 0 Å². The van der Waals surface area contributed by atoms with Crippen molar-refractivity contribution in [3.05, 3.63) is 59.4 Å². The fourth-order valence-electron chi connectivity index (χ4n) is 2.46. The van der Waals surface area contributed by atoms with Crippen LogP contribution in [0, 0.1) is 11.3 Å². The Morgan fingerprint density at radius 1 is 1.12 bits per heavy atom. The predicted molar refractivity (Wildman–Crippen MR) is 90.1 cm³/mol. The van der Waals surface area contributed by atoms with E-state index in [1.165, 1.54) is 18.5 Å². The molecule has 0 spiro atoms. The lowest BCUT2D eigenvalue weighted by Gasteiger charge is -2.26. The van der Waals surface area contributed by atoms with Crippen molar-refractivity contribution in [3.63, 3.8) is 0 Å². The molecule has 0 aliphatic carbocycles. The summed E-state index contributed by atoms with van der Waals surface area (Å²) in [5.74, 6) is -0.530. The lowest BCUT2D eigenvalue weighted by molar-refractivity contribution is 0.0302. The first kappa shape index (κ1) is 16.6. The minimum Gasteiger partial charge on any atom is -0.378 e. The number of pyridine rings is 1. The average molecular weight is 336 g/mol. The number of nitrogens with one attached hydrogen (secondary N) is 1. The van der Waals surface area contributed by atoms with Gasteiger partial charge in [0.05, 0.1) is 36.0 Å². The molecule has 3 rings (SSSR count). The highest BCUT2D eigenvalue weighted by molar-refractivity contribution is 6.05. The van der Waals surface area contributed by atoms with Crippen LogP contribution in [-0.2, 0) is 4.74 Å². The maximum Gasteiger partial charge on any atom is 0.257 e. The number of amides is 2. The third kappa shape index (κ3) is 4.00. The number of carbonyl (C=O) groups is 2. The maximum atomic E-state index is 12.5. The zero-order valence-electron chi connectivity index (χ0n) is 13.4. The second kappa shape index (κ2) is 7.55. The van der Waals surface area contributed by atoms with Crippen LogP contribution in [0.4, 0.5) is 5.69 Å². The molecule has 7 nitrogen and oxygen atoms in total. The van der Waals surface area contributed by atoms with Crippen molar-refractivity contribution in [2.24, 2.45) is 0 Å². The summed E-state index contributed by atoms with van der Waals surface area (Å²) < 4.78 is 5.24. The number of hydrogen-bond donors (Lipinski definition) is 1. The summed E-state index contributed by atoms with van der Waals surface area (Å²) in [5, 5.41) is 11.5. The van der Waals surface area contributed by atoms with Crippen LogP contribution in [0.15, 0.2) is 42.7 Å². The van der Waals surface area contributed by atoms with Crippen LogP contribution in [0.5, 0.6) is 0 Å². The van der Waals surface area contributed by atoms with Crippen molar-refractivity contribution < 1.29 is 14.3 Å². The van der Waals surface area contributed by atoms with Gasteiger partial charge < -0.3 is 15.0 Å². The second-order valence-electron chi connectivity index (χ2n) is 5.51. The summed E-state index contributed by atoms with van der Waals surface area (Å²) in [4.78, 5) is 30.5. The smallest absolute Gasteiger partial charge is 0.257 e. The molecule has 1 aliphatic rings. The Labute approximate surface area is 144 Å². The van der Waals surface area contributed by atoms with Crippen LogP contribution in [0.25, 0.3) is 0 Å². The first-order chi connectivity index (χ1) is 12.2. The highest BCUT2D eigenvalue weighted by atomic mass is 16.5. The Balaban J connectivity index is 1.72. The molecular weight excluding hydrogens is 320 g/mol. The fraction of sp³-hybridized carbons (Fsp3) is 0.222. The number of benzene rings is 1. The van der Waals surface area contributed by atoms with Gasteiger partial charge in [-0.15, -0.1) is 0 Å². The molecule has 0 unspecified atom stereocenters. The summed E-state index contributed by atoms with van der Waals surface area (Å²) in [6.07, 6.45) is 2.87. The molecule has 2 amide bonds. The lowest BCUT2D eigenvalue weighted by Crippen LogP contribution is -2.40. The van der Waals surface area contributed by atoms with Gasteiger partial charge in [-0.2, -0.15) is 5.26 Å². The number of nitriles is 1. The van der Waals surface area contributed by atoms with Crippen LogP contribution in [-0.4, -0.2) is 48.0 Å². The van der Waals surface area contributed by atoms with E-state index in [2.05, 4.69) is 10.3 Å². The van der Waals surface area contributed by atoms with E-state index in [1.54, 1.807) is 29.2 Å². The van der Waals surface area contributed by atoms with Gasteiger partial charge in [0.1, 0.15) is 0 Å². The van der Waals surface area contributed by atoms with E-state index in [1.807, 2.05) is 6.07 Å². The Bertz CT molecular complexity index is 821. The molecule has 1 aromatic carbocycles. The Morgan fingerprint density at radius 3 is 2.48 bits per heavy atom. The first-order valence-corrected chi connectivity index (χ1v) is 7.81. The number of rotatable bonds is 3. The molecule has 1 aliphatic heterocycles. The molecule has 0 saturated carbocycles. The summed E-state index contributed by atoms with van der Waals surface area (Å²) in [7, 11) is 0. The maximum absolute atomic E-state index is 12.5. The minimum atomic E-state index is -0.367. The zero-order chi connectivity index (χ0) is 17.6. The van der Waals surface area contributed by atoms with Crippen LogP contribution >= 0.6 is 0 Å². The van der Waals surface area contributed by atoms with E-state index in [0.29, 0.717) is 48.7 Å². The van der Waals surface area contributed by atoms with Gasteiger partial charge in [-0.05, 0) is 30.3 Å². The lowest BCUT2D eigenvalue weighted by atomic mass is 10.1. The summed E-state index contributed by atoms with van der Waals surface area (Å²) in [6, 6.07) is 10.1. The van der Waals surface area contributed by atoms with E-state index in [-0.39, 0.29) is 11.8 Å². The molecule has 0 radical (unpaired) electrons. The minimum absolute atomic E-state index is 0.163. The van der Waals surface area contributed by atoms with E-state index in [9.17, 15) is 9.59 Å². The molecule has 2 heterocycles. The third-order valence-corrected chi connectivity index (χ3v) is 3.82. The summed E-state index contributed by atoms with van der Waals surface area (Å²) >= 11 is 0. The topological polar surface area (TPSA) is 95.3 Å². The highest BCUT2D eigenvalue weighted by Crippen LogP contribution is 2.13. The molecule has 0 atom stereocenters. The van der Waals surface area contributed by atoms with Crippen LogP contribution in [0.2, 0.25) is 0 Å². The van der Waals surface area contributed by atoms with Gasteiger partial charge in [0, 0.05) is 31.2 Å². The number of nitrogens with zero attached hydrogens (tertiary/aromatic N) is 3. The molecule has 1 fully saturated rings. The van der Waals surface area contributed by atoms with Crippen molar-refractivity contribution in [1.29, 1.82) is 5.26 Å². The first-order valence-electron chi connectivity index (χ1n) is 7.81. The van der Waals surface area contributed by atoms with E-state index >= 15 is 0 Å². The monoisotopic (exact) mass is 336 g/mol. The van der Waals surface area contributed by atoms with Crippen LogP contribution < -0.4 is 5.32 Å². The van der Waals surface area contributed by atoms with Crippen molar-refractivity contribution in [2.75, 3.05) is 31.6 Å². The molecular formula is C18H16N4O3. The van der Waals surface area contributed by atoms with Gasteiger partial charge >= 0.3 is 0 Å². The fourth-order valence-corrected chi connectivity index (χ4v) is 2.46. The summed E-state index contributed by atoms with van der Waals surface area (Å²) in [6.45, 7) is 2.08. The average Bonchev–Trinajstić information content (AvgIpc) is 2.68. The molecule has 2 aromatic rings. The van der Waals surface area contributed by atoms with Gasteiger partial charge in [0.25, 0.3) is 11.8 Å². The molecule has 0 bridgehead atoms. The summed E-state index contributed by atoms with van der Waals surface area (Å²) in [5.41, 5.74) is 1.74. The predicted octanol–water partition coefficient (Wildman–Crippen LogP) is 1.68. The quantitative estimate of drug-likeness (QED) is 0.920. The Kier molecular flexibility index (Phi) is 5.02. The second-order valence-corrected chi connectivity index (χ2v) is 5.51. The van der Waals surface area contributed by atoms with Crippen molar-refractivity contribution in [2.45, 2.75) is 0 Å². The SMILES string of the molecule is N#Cc1ccc(NC(=O)c2cncc(C(=O)N3CCOCC3)c2)cc1. The Hall–Kier alpha value is -3.24. The van der Waals surface area contributed by atoms with Gasteiger partial charge in [-0.1, -0.05) is 0 Å². The number of morpholine rings is 1. The van der Waals surface area contributed by atoms with Gasteiger partial charge in [0.15, 0.2) is 0 Å². The van der Waals surface area contributed by atoms with Crippen molar-refractivity contribution >= 4 is 17.5 Å². The molecule has 7 heteroatoms. The molecule has 1 aromatic heterocycles. The number of hydrogen-bond acceptors (Lipinski definition) is 5. The normalized spacial score (nSPS) is 13.8. The molecule has 25 heavy (non-hydrogen) atoms. The van der Waals surface area contributed by atoms with E-state index in [4.69, 9.17) is 10.00 Å². The number of carbonyl (C=O) groups excluding carboxylic acids is 2. The number of anilines is 1. The van der Waals surface area contributed by atoms with Gasteiger partial charge in [0.2, 0.25) is 0 Å². The molecule has 126 valence electrons. The largest absolute Gasteiger partial charge is 0.378 e. The number of ether oxygens (including phenoxy) is 1. The molecule has 1 saturated heterocycles. The molecule has 1 N–H and O–H groups in total.